The number of carboxylic acids is 3. The Balaban J connectivity index is 1.56. The molecular weight excluding hydrogens is 916 g/mol. The number of fused-ring (bicyclic) bond motifs is 1. The minimum atomic E-state index is -4.53. The van der Waals surface area contributed by atoms with E-state index < -0.39 is 138 Å². The summed E-state index contributed by atoms with van der Waals surface area (Å²) in [5.41, 5.74) is 7.91. The summed E-state index contributed by atoms with van der Waals surface area (Å²) in [5, 5.41) is 40.3. The Hall–Kier alpha value is -7.73. The molecule has 4 aromatic rings. The van der Waals surface area contributed by atoms with Crippen LogP contribution >= 0.6 is 0 Å². The lowest BCUT2D eigenvalue weighted by Gasteiger charge is -2.25. The third-order valence-corrected chi connectivity index (χ3v) is 11.7. The molecule has 0 saturated carbocycles. The van der Waals surface area contributed by atoms with Gasteiger partial charge in [-0.1, -0.05) is 36.4 Å². The summed E-state index contributed by atoms with van der Waals surface area (Å²) in [6, 6.07) is 7.79. The lowest BCUT2D eigenvalue weighted by molar-refractivity contribution is -0.140. The van der Waals surface area contributed by atoms with E-state index in [0.717, 1.165) is 12.1 Å². The zero-order valence-electron chi connectivity index (χ0n) is 36.7. The van der Waals surface area contributed by atoms with Gasteiger partial charge in [0.2, 0.25) is 45.5 Å². The highest BCUT2D eigenvalue weighted by Gasteiger charge is 2.33. The van der Waals surface area contributed by atoms with Crippen molar-refractivity contribution in [2.24, 2.45) is 5.73 Å². The zero-order valence-corrected chi connectivity index (χ0v) is 37.5. The van der Waals surface area contributed by atoms with Gasteiger partial charge in [-0.3, -0.25) is 43.2 Å². The molecule has 12 N–H and O–H groups in total. The fraction of sp³-hybridized carbons (Fsp3) is 0.341. The highest BCUT2D eigenvalue weighted by atomic mass is 32.2. The molecule has 0 radical (unpaired) electrons. The van der Waals surface area contributed by atoms with Gasteiger partial charge in [-0.15, -0.1) is 0 Å². The number of carbonyl (C=O) groups excluding carboxylic acids is 6. The van der Waals surface area contributed by atoms with Crippen LogP contribution in [0, 0.1) is 19.7 Å². The van der Waals surface area contributed by atoms with Crippen molar-refractivity contribution >= 4 is 74.3 Å². The van der Waals surface area contributed by atoms with Crippen LogP contribution in [0.1, 0.15) is 54.4 Å². The number of nitrogens with two attached hydrogens (primary N) is 1. The molecule has 5 unspecified atom stereocenters. The Kier molecular flexibility index (Phi) is 18.8. The van der Waals surface area contributed by atoms with Gasteiger partial charge in [0.05, 0.1) is 17.9 Å². The van der Waals surface area contributed by atoms with E-state index in [1.165, 1.54) is 24.3 Å². The molecule has 3 aromatic carbocycles. The Labute approximate surface area is 388 Å². The highest BCUT2D eigenvalue weighted by Crippen LogP contribution is 2.20. The number of nitrogens with one attached hydrogen (secondary N) is 7. The van der Waals surface area contributed by atoms with Crippen molar-refractivity contribution in [3.63, 3.8) is 0 Å². The SMILES string of the molecule is Cc1cc(C)cc(S(=O)(=O)NC(CC(=O)O)C(=O)NC(CCC(=O)O)C(=O)NCC(=O)NC(Cc2cccc(F)c2)C(=O)NC(Cc2c[nH]c3ccccc23)C(=O)NC(CCC(=O)O)C(N)=O)c1. The standard InChI is InChI=1S/C44H51FN8O14S/c1-23-14-24(2)16-28(15-23)68(66,67)53-35(20-39(59)60)44(65)51-32(11-13-38(57)58)41(62)48-22-36(54)49-33(18-25-6-5-7-27(45)17-25)42(63)52-34(19-26-21-47-30-9-4-3-8-29(26)30)43(64)50-31(40(46)61)10-12-37(55)56/h3-9,14-17,21,31-35,47,53H,10-13,18-20,22H2,1-2H3,(H2,46,61)(H,48,62)(H,49,54)(H,50,64)(H,51,65)(H,52,63)(H,55,56)(H,57,58)(H,59,60). The Bertz CT molecular complexity index is 2660. The second-order valence-electron chi connectivity index (χ2n) is 15.8. The van der Waals surface area contributed by atoms with E-state index >= 15 is 0 Å². The van der Waals surface area contributed by atoms with Gasteiger partial charge in [0.1, 0.15) is 36.0 Å². The van der Waals surface area contributed by atoms with E-state index in [2.05, 4.69) is 31.6 Å². The summed E-state index contributed by atoms with van der Waals surface area (Å²) in [7, 11) is -4.53. The maximum absolute atomic E-state index is 14.3. The van der Waals surface area contributed by atoms with Crippen LogP contribution in [0.3, 0.4) is 0 Å². The predicted octanol–water partition coefficient (Wildman–Crippen LogP) is -0.199. The van der Waals surface area contributed by atoms with Crippen LogP contribution < -0.4 is 37.0 Å². The van der Waals surface area contributed by atoms with Crippen molar-refractivity contribution in [2.45, 2.75) is 93.9 Å². The van der Waals surface area contributed by atoms with Gasteiger partial charge in [-0.05, 0) is 79.3 Å². The number of aromatic amines is 1. The predicted molar refractivity (Wildman–Crippen MR) is 238 cm³/mol. The van der Waals surface area contributed by atoms with Crippen molar-refractivity contribution in [1.29, 1.82) is 0 Å². The number of aryl methyl sites for hydroxylation is 2. The molecule has 0 bridgehead atoms. The smallest absolute Gasteiger partial charge is 0.305 e. The number of rotatable bonds is 26. The van der Waals surface area contributed by atoms with Crippen molar-refractivity contribution in [3.05, 3.63) is 101 Å². The number of carboxylic acid groups (broad SMARTS) is 3. The quantitative estimate of drug-likeness (QED) is 0.0389. The molecule has 5 atom stereocenters. The van der Waals surface area contributed by atoms with Gasteiger partial charge in [0.15, 0.2) is 0 Å². The molecule has 4 rings (SSSR count). The van der Waals surface area contributed by atoms with E-state index in [1.54, 1.807) is 50.4 Å². The largest absolute Gasteiger partial charge is 0.481 e. The zero-order chi connectivity index (χ0) is 50.3. The second kappa shape index (κ2) is 24.2. The van der Waals surface area contributed by atoms with Gasteiger partial charge >= 0.3 is 17.9 Å². The maximum atomic E-state index is 14.3. The second-order valence-corrected chi connectivity index (χ2v) is 17.5. The van der Waals surface area contributed by atoms with Crippen molar-refractivity contribution in [2.75, 3.05) is 6.54 Å². The Morgan fingerprint density at radius 3 is 1.84 bits per heavy atom. The lowest BCUT2D eigenvalue weighted by Crippen LogP contribution is -2.58. The number of para-hydroxylation sites is 1. The molecule has 364 valence electrons. The third kappa shape index (κ3) is 16.3. The number of sulfonamides is 1. The summed E-state index contributed by atoms with van der Waals surface area (Å²) in [6.07, 6.45) is -2.41. The summed E-state index contributed by atoms with van der Waals surface area (Å²) in [6.45, 7) is 2.29. The molecule has 22 nitrogen and oxygen atoms in total. The van der Waals surface area contributed by atoms with Crippen molar-refractivity contribution in [3.8, 4) is 0 Å². The summed E-state index contributed by atoms with van der Waals surface area (Å²) >= 11 is 0. The van der Waals surface area contributed by atoms with Crippen LogP contribution in [-0.4, -0.2) is 119 Å². The van der Waals surface area contributed by atoms with E-state index in [0.29, 0.717) is 27.6 Å². The first kappa shape index (κ1) is 52.9. The molecule has 1 aromatic heterocycles. The minimum Gasteiger partial charge on any atom is -0.481 e. The molecule has 24 heteroatoms. The molecule has 0 spiro atoms. The minimum absolute atomic E-state index is 0.190. The fourth-order valence-electron chi connectivity index (χ4n) is 6.99. The molecule has 6 amide bonds. The number of halogens is 1. The summed E-state index contributed by atoms with van der Waals surface area (Å²) < 4.78 is 42.8. The number of aromatic nitrogens is 1. The van der Waals surface area contributed by atoms with Crippen LogP contribution in [0.25, 0.3) is 10.9 Å². The van der Waals surface area contributed by atoms with Crippen molar-refractivity contribution in [1.82, 2.24) is 36.3 Å². The van der Waals surface area contributed by atoms with Gasteiger partial charge in [-0.2, -0.15) is 4.72 Å². The summed E-state index contributed by atoms with van der Waals surface area (Å²) in [5.74, 6) is -11.6. The number of hydrogen-bond donors (Lipinski definition) is 11. The normalized spacial score (nSPS) is 13.5. The highest BCUT2D eigenvalue weighted by molar-refractivity contribution is 7.89. The first-order valence-electron chi connectivity index (χ1n) is 20.8. The maximum Gasteiger partial charge on any atom is 0.305 e. The molecule has 1 heterocycles. The van der Waals surface area contributed by atoms with E-state index in [-0.39, 0.29) is 23.3 Å². The number of benzene rings is 3. The molecule has 0 fully saturated rings. The number of carbonyl (C=O) groups is 9. The van der Waals surface area contributed by atoms with Crippen LogP contribution in [0.2, 0.25) is 0 Å². The number of aliphatic carboxylic acids is 3. The van der Waals surface area contributed by atoms with Gasteiger partial charge < -0.3 is 52.6 Å². The van der Waals surface area contributed by atoms with Crippen LogP contribution in [-0.2, 0) is 66.0 Å². The van der Waals surface area contributed by atoms with Gasteiger partial charge in [0.25, 0.3) is 0 Å². The van der Waals surface area contributed by atoms with Gasteiger partial charge in [0, 0.05) is 42.8 Å². The monoisotopic (exact) mass is 966 g/mol. The summed E-state index contributed by atoms with van der Waals surface area (Å²) in [4.78, 5) is 118. The van der Waals surface area contributed by atoms with Crippen LogP contribution in [0.15, 0.2) is 77.8 Å². The number of primary amides is 1. The molecule has 0 saturated heterocycles. The fourth-order valence-corrected chi connectivity index (χ4v) is 8.37. The Morgan fingerprint density at radius 1 is 0.662 bits per heavy atom. The molecular formula is C44H51FN8O14S. The number of amides is 6. The third-order valence-electron chi connectivity index (χ3n) is 10.2. The number of hydrogen-bond acceptors (Lipinski definition) is 11. The van der Waals surface area contributed by atoms with Gasteiger partial charge in [-0.25, -0.2) is 12.8 Å². The molecule has 0 aliphatic carbocycles. The first-order valence-corrected chi connectivity index (χ1v) is 22.3. The average Bonchev–Trinajstić information content (AvgIpc) is 3.66. The lowest BCUT2D eigenvalue weighted by atomic mass is 10.0. The van der Waals surface area contributed by atoms with E-state index in [1.807, 2.05) is 4.72 Å². The topological polar surface area (TPSA) is 362 Å². The first-order chi connectivity index (χ1) is 32.0. The Morgan fingerprint density at radius 2 is 1.24 bits per heavy atom. The molecule has 0 aliphatic heterocycles. The number of H-pyrrole nitrogens is 1. The van der Waals surface area contributed by atoms with Crippen molar-refractivity contribution < 1.29 is 71.3 Å². The van der Waals surface area contributed by atoms with E-state index in [4.69, 9.17) is 10.8 Å². The average molecular weight is 967 g/mol. The van der Waals surface area contributed by atoms with Crippen LogP contribution in [0.5, 0.6) is 0 Å². The van der Waals surface area contributed by atoms with Crippen LogP contribution in [0.4, 0.5) is 4.39 Å². The molecule has 68 heavy (non-hydrogen) atoms. The van der Waals surface area contributed by atoms with E-state index in [9.17, 15) is 66.2 Å². The molecule has 0 aliphatic rings.